The van der Waals surface area contributed by atoms with E-state index in [1.165, 1.54) is 15.5 Å². The highest BCUT2D eigenvalue weighted by atomic mass is 31.2. The fraction of sp³-hybridized carbons (Fsp3) is 0.667. The Morgan fingerprint density at radius 3 is 2.40 bits per heavy atom. The van der Waals surface area contributed by atoms with Crippen LogP contribution in [-0.2, 0) is 26.7 Å². The Balaban J connectivity index is 2.12. The largest absolute Gasteiger partial charge is 0.339 e. The third kappa shape index (κ3) is 4.29. The van der Waals surface area contributed by atoms with Gasteiger partial charge in [-0.2, -0.15) is 0 Å². The Hall–Kier alpha value is -1.70. The van der Waals surface area contributed by atoms with Gasteiger partial charge in [0.1, 0.15) is 5.52 Å². The van der Waals surface area contributed by atoms with Crippen LogP contribution in [0.15, 0.2) is 15.9 Å². The summed E-state index contributed by atoms with van der Waals surface area (Å²) in [6.07, 6.45) is 2.71. The number of unbranched alkanes of at least 4 members (excludes halogenated alkanes) is 1. The van der Waals surface area contributed by atoms with Crippen LogP contribution in [0, 0.1) is 0 Å². The minimum absolute atomic E-state index is 0.241. The van der Waals surface area contributed by atoms with Crippen molar-refractivity contribution < 1.29 is 13.6 Å². The molecule has 0 atom stereocenters. The molecule has 140 valence electrons. The molecule has 0 aliphatic heterocycles. The van der Waals surface area contributed by atoms with Gasteiger partial charge in [-0.3, -0.25) is 18.5 Å². The van der Waals surface area contributed by atoms with Crippen molar-refractivity contribution in [3.63, 3.8) is 0 Å². The lowest BCUT2D eigenvalue weighted by Crippen LogP contribution is -2.40. The average molecular weight is 372 g/mol. The van der Waals surface area contributed by atoms with Crippen molar-refractivity contribution in [3.05, 3.63) is 27.2 Å². The van der Waals surface area contributed by atoms with Gasteiger partial charge in [-0.1, -0.05) is 0 Å². The van der Waals surface area contributed by atoms with Crippen molar-refractivity contribution in [1.29, 1.82) is 0 Å². The van der Waals surface area contributed by atoms with E-state index in [0.29, 0.717) is 43.8 Å². The Morgan fingerprint density at radius 2 is 1.80 bits per heavy atom. The average Bonchev–Trinajstić information content (AvgIpc) is 3.04. The first-order chi connectivity index (χ1) is 12.0. The molecule has 0 unspecified atom stereocenters. The van der Waals surface area contributed by atoms with Gasteiger partial charge in [-0.15, -0.1) is 0 Å². The number of fused-ring (bicyclic) bond motifs is 1. The predicted octanol–water partition coefficient (Wildman–Crippen LogP) is 1.95. The van der Waals surface area contributed by atoms with Gasteiger partial charge in [0.25, 0.3) is 5.56 Å². The van der Waals surface area contributed by atoms with Crippen LogP contribution in [0.5, 0.6) is 0 Å². The summed E-state index contributed by atoms with van der Waals surface area (Å²) in [5.74, 6) is 0. The molecule has 0 aliphatic rings. The number of aromatic nitrogens is 4. The highest BCUT2D eigenvalue weighted by Gasteiger charge is 2.22. The Bertz CT molecular complexity index is 859. The quantitative estimate of drug-likeness (QED) is 0.504. The van der Waals surface area contributed by atoms with Gasteiger partial charge in [-0.25, -0.2) is 9.78 Å². The molecule has 25 heavy (non-hydrogen) atoms. The van der Waals surface area contributed by atoms with E-state index in [1.807, 2.05) is 6.92 Å². The number of hydrogen-bond acceptors (Lipinski definition) is 6. The molecule has 0 radical (unpaired) electrons. The van der Waals surface area contributed by atoms with Crippen molar-refractivity contribution in [3.8, 4) is 0 Å². The third-order valence-corrected chi connectivity index (χ3v) is 5.99. The normalized spacial score (nSPS) is 12.1. The minimum Gasteiger partial charge on any atom is -0.339 e. The van der Waals surface area contributed by atoms with Gasteiger partial charge in [0.15, 0.2) is 5.65 Å². The molecule has 0 spiro atoms. The SMILES string of the molecule is CCOP(=O)(CCCCn1c(=O)c2[nH]cnc2n(CC)c1=O)OCC. The molecule has 2 aromatic heterocycles. The first-order valence-corrected chi connectivity index (χ1v) is 10.2. The molecule has 9 nitrogen and oxygen atoms in total. The molecule has 2 aromatic rings. The van der Waals surface area contributed by atoms with E-state index in [1.54, 1.807) is 13.8 Å². The van der Waals surface area contributed by atoms with Gasteiger partial charge in [0, 0.05) is 13.1 Å². The monoisotopic (exact) mass is 372 g/mol. The lowest BCUT2D eigenvalue weighted by molar-refractivity contribution is 0.219. The maximum Gasteiger partial charge on any atom is 0.332 e. The Morgan fingerprint density at radius 1 is 1.12 bits per heavy atom. The van der Waals surface area contributed by atoms with Gasteiger partial charge in [0.05, 0.1) is 25.7 Å². The van der Waals surface area contributed by atoms with E-state index in [9.17, 15) is 14.2 Å². The highest BCUT2D eigenvalue weighted by molar-refractivity contribution is 7.53. The summed E-state index contributed by atoms with van der Waals surface area (Å²) in [7, 11) is -3.10. The third-order valence-electron chi connectivity index (χ3n) is 3.83. The molecule has 2 rings (SSSR count). The fourth-order valence-electron chi connectivity index (χ4n) is 2.72. The van der Waals surface area contributed by atoms with Gasteiger partial charge < -0.3 is 14.0 Å². The summed E-state index contributed by atoms with van der Waals surface area (Å²) in [5, 5.41) is 0. The number of H-pyrrole nitrogens is 1. The first-order valence-electron chi connectivity index (χ1n) is 8.52. The number of rotatable bonds is 10. The topological polar surface area (TPSA) is 108 Å². The molecule has 0 fully saturated rings. The molecule has 0 bridgehead atoms. The van der Waals surface area contributed by atoms with Crippen molar-refractivity contribution in [1.82, 2.24) is 19.1 Å². The second kappa shape index (κ2) is 8.60. The van der Waals surface area contributed by atoms with Crippen molar-refractivity contribution in [2.45, 2.75) is 46.7 Å². The molecule has 0 aromatic carbocycles. The molecule has 1 N–H and O–H groups in total. The van der Waals surface area contributed by atoms with Crippen molar-refractivity contribution >= 4 is 18.8 Å². The van der Waals surface area contributed by atoms with Crippen LogP contribution < -0.4 is 11.2 Å². The van der Waals surface area contributed by atoms with Crippen LogP contribution in [0.3, 0.4) is 0 Å². The number of nitrogens with one attached hydrogen (secondary N) is 1. The van der Waals surface area contributed by atoms with E-state index in [0.717, 1.165) is 0 Å². The molecule has 0 amide bonds. The summed E-state index contributed by atoms with van der Waals surface area (Å²) in [6, 6.07) is 0. The van der Waals surface area contributed by atoms with Crippen LogP contribution >= 0.6 is 7.60 Å². The zero-order valence-corrected chi connectivity index (χ0v) is 15.8. The zero-order valence-electron chi connectivity index (χ0n) is 14.9. The zero-order chi connectivity index (χ0) is 18.4. The first kappa shape index (κ1) is 19.6. The second-order valence-electron chi connectivity index (χ2n) is 5.46. The summed E-state index contributed by atoms with van der Waals surface area (Å²) in [6.45, 7) is 6.64. The fourth-order valence-corrected chi connectivity index (χ4v) is 4.46. The van der Waals surface area contributed by atoms with Gasteiger partial charge in [-0.05, 0) is 33.6 Å². The molecule has 2 heterocycles. The van der Waals surface area contributed by atoms with Gasteiger partial charge >= 0.3 is 13.3 Å². The maximum absolute atomic E-state index is 12.5. The standard InChI is InChI=1S/C15H25N4O5P/c1-4-18-13-12(16-11-17-13)14(20)19(15(18)21)9-7-8-10-25(22,23-5-2)24-6-3/h11H,4-10H2,1-3H3,(H,16,17). The lowest BCUT2D eigenvalue weighted by atomic mass is 10.3. The van der Waals surface area contributed by atoms with Crippen molar-refractivity contribution in [2.75, 3.05) is 19.4 Å². The van der Waals surface area contributed by atoms with E-state index < -0.39 is 7.60 Å². The molecular formula is C15H25N4O5P. The Labute approximate surface area is 145 Å². The van der Waals surface area contributed by atoms with Crippen LogP contribution in [0.2, 0.25) is 0 Å². The number of nitrogens with zero attached hydrogens (tertiary/aromatic N) is 3. The smallest absolute Gasteiger partial charge is 0.332 e. The molecular weight excluding hydrogens is 347 g/mol. The summed E-state index contributed by atoms with van der Waals surface area (Å²) in [5.41, 5.74) is -0.0911. The van der Waals surface area contributed by atoms with Crippen LogP contribution in [0.1, 0.15) is 33.6 Å². The second-order valence-corrected chi connectivity index (χ2v) is 7.65. The predicted molar refractivity (Wildman–Crippen MR) is 95.2 cm³/mol. The molecule has 0 saturated heterocycles. The number of aromatic amines is 1. The van der Waals surface area contributed by atoms with Crippen LogP contribution in [0.4, 0.5) is 0 Å². The van der Waals surface area contributed by atoms with Crippen LogP contribution in [0.25, 0.3) is 11.2 Å². The molecule has 0 saturated carbocycles. The van der Waals surface area contributed by atoms with Crippen LogP contribution in [-0.4, -0.2) is 38.5 Å². The molecule has 10 heteroatoms. The summed E-state index contributed by atoms with van der Waals surface area (Å²) < 4.78 is 25.5. The molecule has 0 aliphatic carbocycles. The summed E-state index contributed by atoms with van der Waals surface area (Å²) >= 11 is 0. The van der Waals surface area contributed by atoms with E-state index in [4.69, 9.17) is 9.05 Å². The number of imidazole rings is 1. The van der Waals surface area contributed by atoms with Gasteiger partial charge in [0.2, 0.25) is 0 Å². The van der Waals surface area contributed by atoms with E-state index in [-0.39, 0.29) is 24.0 Å². The minimum atomic E-state index is -3.10. The Kier molecular flexibility index (Phi) is 6.75. The highest BCUT2D eigenvalue weighted by Crippen LogP contribution is 2.48. The van der Waals surface area contributed by atoms with E-state index in [2.05, 4.69) is 9.97 Å². The number of hydrogen-bond donors (Lipinski definition) is 1. The lowest BCUT2D eigenvalue weighted by Gasteiger charge is -2.16. The summed E-state index contributed by atoms with van der Waals surface area (Å²) in [4.78, 5) is 31.8. The maximum atomic E-state index is 12.5. The van der Waals surface area contributed by atoms with E-state index >= 15 is 0 Å². The van der Waals surface area contributed by atoms with Crippen molar-refractivity contribution in [2.24, 2.45) is 0 Å². The number of aryl methyl sites for hydroxylation is 1.